The fourth-order valence-electron chi connectivity index (χ4n) is 3.26. The number of likely N-dealkylation sites (tertiary alicyclic amines) is 1. The first-order valence-electron chi connectivity index (χ1n) is 7.60. The minimum atomic E-state index is 0.0316. The van der Waals surface area contributed by atoms with Crippen molar-refractivity contribution in [2.24, 2.45) is 0 Å². The molecular formula is C18H22N2O. The maximum Gasteiger partial charge on any atom is 0.245 e. The molecular weight excluding hydrogens is 260 g/mol. The van der Waals surface area contributed by atoms with Crippen LogP contribution in [0.3, 0.4) is 0 Å². The molecule has 2 aliphatic rings. The summed E-state index contributed by atoms with van der Waals surface area (Å²) in [5.74, 6) is 0.0316. The smallest absolute Gasteiger partial charge is 0.245 e. The van der Waals surface area contributed by atoms with E-state index in [2.05, 4.69) is 41.8 Å². The van der Waals surface area contributed by atoms with Gasteiger partial charge < -0.3 is 4.90 Å². The number of likely N-dealkylation sites (N-methyl/N-ethyl adjacent to an activating group) is 1. The quantitative estimate of drug-likeness (QED) is 0.793. The van der Waals surface area contributed by atoms with Gasteiger partial charge in [0, 0.05) is 32.7 Å². The van der Waals surface area contributed by atoms with Crippen LogP contribution in [-0.2, 0) is 4.79 Å². The lowest BCUT2D eigenvalue weighted by Gasteiger charge is -2.37. The summed E-state index contributed by atoms with van der Waals surface area (Å²) in [7, 11) is 1.88. The highest BCUT2D eigenvalue weighted by Gasteiger charge is 2.26. The summed E-state index contributed by atoms with van der Waals surface area (Å²) in [4.78, 5) is 16.0. The normalized spacial score (nSPS) is 18.4. The van der Waals surface area contributed by atoms with E-state index in [1.54, 1.807) is 0 Å². The lowest BCUT2D eigenvalue weighted by molar-refractivity contribution is -0.127. The lowest BCUT2D eigenvalue weighted by Crippen LogP contribution is -2.45. The van der Waals surface area contributed by atoms with Crippen molar-refractivity contribution in [1.29, 1.82) is 0 Å². The molecule has 1 aromatic carbocycles. The second kappa shape index (κ2) is 5.86. The van der Waals surface area contributed by atoms with Crippen molar-refractivity contribution in [1.82, 2.24) is 9.80 Å². The number of hydrogen-bond donors (Lipinski definition) is 0. The zero-order valence-corrected chi connectivity index (χ0v) is 12.6. The van der Waals surface area contributed by atoms with Gasteiger partial charge >= 0.3 is 0 Å². The van der Waals surface area contributed by atoms with Crippen molar-refractivity contribution in [3.63, 3.8) is 0 Å². The number of nitrogens with zero attached hydrogens (tertiary/aromatic N) is 2. The van der Waals surface area contributed by atoms with Crippen molar-refractivity contribution in [2.45, 2.75) is 18.9 Å². The minimum Gasteiger partial charge on any atom is -0.339 e. The number of piperidine rings is 1. The molecule has 1 amide bonds. The summed E-state index contributed by atoms with van der Waals surface area (Å²) in [5, 5.41) is 0. The Balaban J connectivity index is 1.51. The van der Waals surface area contributed by atoms with E-state index in [9.17, 15) is 4.79 Å². The standard InChI is InChI=1S/C18H22N2O/c1-3-18(21)19(2)16-8-10-20(11-9-16)13-15-12-14-6-4-5-7-17(14)15/h3-7,12,16H,1,8-11,13H2,2H3. The number of carbonyl (C=O) groups is 1. The third kappa shape index (κ3) is 2.79. The van der Waals surface area contributed by atoms with E-state index in [0.717, 1.165) is 32.5 Å². The highest BCUT2D eigenvalue weighted by Crippen LogP contribution is 2.33. The van der Waals surface area contributed by atoms with E-state index in [0.29, 0.717) is 6.04 Å². The summed E-state index contributed by atoms with van der Waals surface area (Å²) < 4.78 is 0. The Kier molecular flexibility index (Phi) is 3.93. The van der Waals surface area contributed by atoms with Gasteiger partial charge in [0.25, 0.3) is 0 Å². The average Bonchev–Trinajstić information content (AvgIpc) is 2.52. The van der Waals surface area contributed by atoms with Gasteiger partial charge in [0.05, 0.1) is 0 Å². The maximum absolute atomic E-state index is 11.6. The third-order valence-corrected chi connectivity index (χ3v) is 4.66. The Labute approximate surface area is 126 Å². The predicted octanol–water partition coefficient (Wildman–Crippen LogP) is 2.65. The van der Waals surface area contributed by atoms with Crippen molar-refractivity contribution in [3.8, 4) is 0 Å². The molecule has 1 aliphatic heterocycles. The molecule has 110 valence electrons. The monoisotopic (exact) mass is 282 g/mol. The molecule has 1 saturated heterocycles. The van der Waals surface area contributed by atoms with E-state index in [1.807, 2.05) is 11.9 Å². The van der Waals surface area contributed by atoms with Gasteiger partial charge in [-0.25, -0.2) is 0 Å². The first-order chi connectivity index (χ1) is 10.2. The molecule has 3 nitrogen and oxygen atoms in total. The van der Waals surface area contributed by atoms with Gasteiger partial charge in [0.2, 0.25) is 5.91 Å². The maximum atomic E-state index is 11.6. The van der Waals surface area contributed by atoms with Crippen molar-refractivity contribution >= 4 is 17.6 Å². The van der Waals surface area contributed by atoms with Crippen molar-refractivity contribution < 1.29 is 4.79 Å². The number of benzene rings is 1. The van der Waals surface area contributed by atoms with Crippen LogP contribution < -0.4 is 0 Å². The zero-order valence-electron chi connectivity index (χ0n) is 12.6. The van der Waals surface area contributed by atoms with Crippen LogP contribution in [0.2, 0.25) is 0 Å². The van der Waals surface area contributed by atoms with Crippen LogP contribution in [0.4, 0.5) is 0 Å². The zero-order chi connectivity index (χ0) is 14.8. The Morgan fingerprint density at radius 1 is 1.38 bits per heavy atom. The van der Waals surface area contributed by atoms with Crippen LogP contribution >= 0.6 is 0 Å². The molecule has 0 radical (unpaired) electrons. The number of hydrogen-bond acceptors (Lipinski definition) is 2. The molecule has 0 unspecified atom stereocenters. The fraction of sp³-hybridized carbons (Fsp3) is 0.389. The summed E-state index contributed by atoms with van der Waals surface area (Å²) in [6.45, 7) is 6.70. The molecule has 0 atom stereocenters. The molecule has 1 aliphatic carbocycles. The van der Waals surface area contributed by atoms with Gasteiger partial charge in [-0.15, -0.1) is 0 Å². The van der Waals surface area contributed by atoms with Crippen LogP contribution in [0, 0.1) is 0 Å². The van der Waals surface area contributed by atoms with Gasteiger partial charge in [-0.1, -0.05) is 30.8 Å². The third-order valence-electron chi connectivity index (χ3n) is 4.66. The van der Waals surface area contributed by atoms with Gasteiger partial charge in [-0.3, -0.25) is 9.69 Å². The number of rotatable bonds is 4. The van der Waals surface area contributed by atoms with Gasteiger partial charge in [0.15, 0.2) is 0 Å². The van der Waals surface area contributed by atoms with Gasteiger partial charge in [-0.05, 0) is 41.7 Å². The van der Waals surface area contributed by atoms with E-state index >= 15 is 0 Å². The Hall–Kier alpha value is -1.87. The van der Waals surface area contributed by atoms with E-state index in [-0.39, 0.29) is 5.91 Å². The predicted molar refractivity (Wildman–Crippen MR) is 86.7 cm³/mol. The van der Waals surface area contributed by atoms with Gasteiger partial charge in [-0.2, -0.15) is 0 Å². The van der Waals surface area contributed by atoms with Crippen LogP contribution in [0.1, 0.15) is 24.0 Å². The van der Waals surface area contributed by atoms with Crippen LogP contribution in [0.25, 0.3) is 11.6 Å². The molecule has 1 aromatic rings. The molecule has 1 heterocycles. The van der Waals surface area contributed by atoms with Crippen LogP contribution in [0.15, 0.2) is 36.9 Å². The SMILES string of the molecule is C=CC(=O)N(C)C1CCN(CC2=Cc3ccccc32)CC1. The number of amides is 1. The summed E-state index contributed by atoms with van der Waals surface area (Å²) in [5.41, 5.74) is 4.21. The average molecular weight is 282 g/mol. The highest BCUT2D eigenvalue weighted by atomic mass is 16.2. The first-order valence-corrected chi connectivity index (χ1v) is 7.60. The molecule has 0 N–H and O–H groups in total. The molecule has 0 saturated carbocycles. The Morgan fingerprint density at radius 3 is 2.76 bits per heavy atom. The number of fused-ring (bicyclic) bond motifs is 1. The lowest BCUT2D eigenvalue weighted by atomic mass is 9.88. The van der Waals surface area contributed by atoms with E-state index < -0.39 is 0 Å². The summed E-state index contributed by atoms with van der Waals surface area (Å²) in [6, 6.07) is 8.92. The minimum absolute atomic E-state index is 0.0316. The van der Waals surface area contributed by atoms with E-state index in [4.69, 9.17) is 0 Å². The number of carbonyl (C=O) groups excluding carboxylic acids is 1. The Bertz CT molecular complexity index is 583. The molecule has 1 fully saturated rings. The first kappa shape index (κ1) is 14.1. The second-order valence-corrected chi connectivity index (χ2v) is 5.92. The molecule has 3 heteroatoms. The van der Waals surface area contributed by atoms with Crippen molar-refractivity contribution in [2.75, 3.05) is 26.7 Å². The molecule has 0 aromatic heterocycles. The summed E-state index contributed by atoms with van der Waals surface area (Å²) >= 11 is 0. The van der Waals surface area contributed by atoms with Crippen LogP contribution in [0.5, 0.6) is 0 Å². The molecule has 0 spiro atoms. The van der Waals surface area contributed by atoms with Crippen molar-refractivity contribution in [3.05, 3.63) is 48.0 Å². The van der Waals surface area contributed by atoms with E-state index in [1.165, 1.54) is 22.8 Å². The second-order valence-electron chi connectivity index (χ2n) is 5.92. The summed E-state index contributed by atoms with van der Waals surface area (Å²) in [6.07, 6.45) is 5.78. The topological polar surface area (TPSA) is 23.6 Å². The van der Waals surface area contributed by atoms with Gasteiger partial charge in [0.1, 0.15) is 0 Å². The molecule has 0 bridgehead atoms. The highest BCUT2D eigenvalue weighted by molar-refractivity contribution is 5.96. The van der Waals surface area contributed by atoms with Crippen LogP contribution in [-0.4, -0.2) is 48.4 Å². The Morgan fingerprint density at radius 2 is 2.10 bits per heavy atom. The largest absolute Gasteiger partial charge is 0.339 e. The molecule has 21 heavy (non-hydrogen) atoms. The fourth-order valence-corrected chi connectivity index (χ4v) is 3.26. The molecule has 3 rings (SSSR count).